The number of benzene rings is 2. The molecule has 1 saturated carbocycles. The van der Waals surface area contributed by atoms with Crippen molar-refractivity contribution < 1.29 is 30.7 Å². The monoisotopic (exact) mass is 605 g/mol. The second kappa shape index (κ2) is 11.6. The Bertz CT molecular complexity index is 1440. The maximum Gasteiger partial charge on any atom is 0.416 e. The molecule has 0 bridgehead atoms. The number of hydrogen-bond acceptors (Lipinski definition) is 6. The fourth-order valence-corrected chi connectivity index (χ4v) is 6.71. The van der Waals surface area contributed by atoms with Crippen LogP contribution in [0.25, 0.3) is 0 Å². The molecule has 39 heavy (non-hydrogen) atoms. The molecule has 1 heterocycles. The Morgan fingerprint density at radius 1 is 1.08 bits per heavy atom. The van der Waals surface area contributed by atoms with Gasteiger partial charge in [0.05, 0.1) is 22.0 Å². The second-order valence-corrected chi connectivity index (χ2v) is 12.4. The van der Waals surface area contributed by atoms with Gasteiger partial charge in [0.15, 0.2) is 9.84 Å². The molecule has 1 fully saturated rings. The van der Waals surface area contributed by atoms with E-state index in [1.54, 1.807) is 0 Å². The van der Waals surface area contributed by atoms with Gasteiger partial charge in [-0.15, -0.1) is 0 Å². The van der Waals surface area contributed by atoms with E-state index < -0.39 is 44.1 Å². The smallest absolute Gasteiger partial charge is 0.416 e. The van der Waals surface area contributed by atoms with Crippen molar-refractivity contribution in [2.24, 2.45) is 0 Å². The average molecular weight is 606 g/mol. The van der Waals surface area contributed by atoms with Gasteiger partial charge in [0.25, 0.3) is 0 Å². The molecule has 6 nitrogen and oxygen atoms in total. The van der Waals surface area contributed by atoms with Gasteiger partial charge in [-0.05, 0) is 75.2 Å². The average Bonchev–Trinajstić information content (AvgIpc) is 2.86. The van der Waals surface area contributed by atoms with Crippen LogP contribution < -0.4 is 4.74 Å². The quantitative estimate of drug-likeness (QED) is 0.284. The zero-order chi connectivity index (χ0) is 28.5. The third kappa shape index (κ3) is 6.82. The minimum Gasteiger partial charge on any atom is -0.487 e. The predicted molar refractivity (Wildman–Crippen MR) is 139 cm³/mol. The van der Waals surface area contributed by atoms with Gasteiger partial charge in [0.1, 0.15) is 28.9 Å². The molecular weight excluding hydrogens is 581 g/mol. The Morgan fingerprint density at radius 3 is 2.46 bits per heavy atom. The number of halogens is 6. The summed E-state index contributed by atoms with van der Waals surface area (Å²) < 4.78 is 86.6. The Kier molecular flexibility index (Phi) is 8.75. The van der Waals surface area contributed by atoms with Crippen LogP contribution in [0.15, 0.2) is 53.8 Å². The zero-order valence-electron chi connectivity index (χ0n) is 20.9. The SMILES string of the molecule is CN(C)[C@H]1C[C@@H](c2cc(C(F)(F)F)ccc2Cl)CC[C@@H]1Oc1cc(F)c(S(=O)(=O)Cc2ccncn2)cc1Cl. The van der Waals surface area contributed by atoms with Gasteiger partial charge in [0, 0.05) is 23.3 Å². The molecular formula is C26H25Cl2F4N3O3S. The van der Waals surface area contributed by atoms with Crippen LogP contribution in [-0.4, -0.2) is 49.5 Å². The Labute approximate surface area is 233 Å². The summed E-state index contributed by atoms with van der Waals surface area (Å²) in [4.78, 5) is 8.90. The van der Waals surface area contributed by atoms with E-state index in [2.05, 4.69) is 9.97 Å². The van der Waals surface area contributed by atoms with Gasteiger partial charge in [-0.25, -0.2) is 22.8 Å². The van der Waals surface area contributed by atoms with E-state index in [0.29, 0.717) is 24.8 Å². The highest BCUT2D eigenvalue weighted by atomic mass is 35.5. The number of likely N-dealkylation sites (N-methyl/N-ethyl adjacent to an activating group) is 1. The third-order valence-corrected chi connectivity index (χ3v) is 9.06. The minimum atomic E-state index is -4.49. The van der Waals surface area contributed by atoms with E-state index in [0.717, 1.165) is 24.3 Å². The highest BCUT2D eigenvalue weighted by Crippen LogP contribution is 2.42. The molecule has 0 aliphatic heterocycles. The van der Waals surface area contributed by atoms with Crippen LogP contribution in [0.4, 0.5) is 17.6 Å². The van der Waals surface area contributed by atoms with Gasteiger partial charge >= 0.3 is 6.18 Å². The van der Waals surface area contributed by atoms with Gasteiger partial charge in [-0.2, -0.15) is 13.2 Å². The van der Waals surface area contributed by atoms with Gasteiger partial charge < -0.3 is 9.64 Å². The van der Waals surface area contributed by atoms with E-state index in [1.807, 2.05) is 19.0 Å². The lowest BCUT2D eigenvalue weighted by Gasteiger charge is -2.40. The van der Waals surface area contributed by atoms with E-state index >= 15 is 4.39 Å². The van der Waals surface area contributed by atoms with Crippen LogP contribution in [0.5, 0.6) is 5.75 Å². The molecule has 210 valence electrons. The minimum absolute atomic E-state index is 0.0254. The van der Waals surface area contributed by atoms with Crippen molar-refractivity contribution >= 4 is 33.0 Å². The van der Waals surface area contributed by atoms with Crippen LogP contribution in [0.1, 0.15) is 42.0 Å². The number of aromatic nitrogens is 2. The first-order valence-corrected chi connectivity index (χ1v) is 14.3. The van der Waals surface area contributed by atoms with E-state index in [1.165, 1.54) is 24.7 Å². The lowest BCUT2D eigenvalue weighted by atomic mass is 9.79. The Morgan fingerprint density at radius 2 is 1.82 bits per heavy atom. The summed E-state index contributed by atoms with van der Waals surface area (Å²) in [6.45, 7) is 0. The molecule has 0 amide bonds. The zero-order valence-corrected chi connectivity index (χ0v) is 23.3. The highest BCUT2D eigenvalue weighted by Gasteiger charge is 2.37. The normalized spacial score (nSPS) is 20.3. The first-order chi connectivity index (χ1) is 18.3. The van der Waals surface area contributed by atoms with Crippen LogP contribution >= 0.6 is 23.2 Å². The molecule has 0 unspecified atom stereocenters. The lowest BCUT2D eigenvalue weighted by Crippen LogP contribution is -2.46. The Hall–Kier alpha value is -2.47. The molecule has 0 saturated heterocycles. The number of hydrogen-bond donors (Lipinski definition) is 0. The van der Waals surface area contributed by atoms with E-state index in [4.69, 9.17) is 27.9 Å². The maximum absolute atomic E-state index is 15.0. The van der Waals surface area contributed by atoms with E-state index in [9.17, 15) is 21.6 Å². The molecule has 0 radical (unpaired) electrons. The summed E-state index contributed by atoms with van der Waals surface area (Å²) in [5.41, 5.74) is -0.148. The number of nitrogens with zero attached hydrogens (tertiary/aromatic N) is 3. The van der Waals surface area contributed by atoms with Crippen molar-refractivity contribution in [1.29, 1.82) is 0 Å². The fraction of sp³-hybridized carbons (Fsp3) is 0.385. The number of rotatable bonds is 7. The lowest BCUT2D eigenvalue weighted by molar-refractivity contribution is -0.137. The molecule has 0 N–H and O–H groups in total. The van der Waals surface area contributed by atoms with Gasteiger partial charge in [0.2, 0.25) is 0 Å². The van der Waals surface area contributed by atoms with E-state index in [-0.39, 0.29) is 33.4 Å². The molecule has 3 atom stereocenters. The summed E-state index contributed by atoms with van der Waals surface area (Å²) >= 11 is 12.6. The van der Waals surface area contributed by atoms with Crippen molar-refractivity contribution in [2.75, 3.05) is 14.1 Å². The summed E-state index contributed by atoms with van der Waals surface area (Å²) in [5, 5.41) is 0.173. The standard InChI is InChI=1S/C26H25Cl2F4N3O3S/c1-35(2)22-9-15(18-10-16(26(30,31)32)4-5-19(18)27)3-6-23(22)38-24-12-21(29)25(11-20(24)28)39(36,37)13-17-7-8-33-14-34-17/h4-5,7-8,10-12,14-15,22-23H,3,6,9,13H2,1-2H3/t15-,22-,23-/m0/s1. The van der Waals surface area contributed by atoms with Crippen LogP contribution in [0.3, 0.4) is 0 Å². The first-order valence-electron chi connectivity index (χ1n) is 11.9. The van der Waals surface area contributed by atoms with Gasteiger partial charge in [-0.1, -0.05) is 23.2 Å². The molecule has 1 aromatic heterocycles. The summed E-state index contributed by atoms with van der Waals surface area (Å²) in [7, 11) is -0.487. The molecule has 2 aromatic carbocycles. The number of alkyl halides is 3. The van der Waals surface area contributed by atoms with Crippen molar-refractivity contribution in [3.05, 3.63) is 81.6 Å². The largest absolute Gasteiger partial charge is 0.487 e. The molecule has 13 heteroatoms. The molecule has 0 spiro atoms. The molecule has 4 rings (SSSR count). The predicted octanol–water partition coefficient (Wildman–Crippen LogP) is 6.56. The summed E-state index contributed by atoms with van der Waals surface area (Å²) in [6.07, 6.45) is -1.06. The Balaban J connectivity index is 1.55. The number of sulfone groups is 1. The molecule has 3 aromatic rings. The van der Waals surface area contributed by atoms with Gasteiger partial charge in [-0.3, -0.25) is 0 Å². The van der Waals surface area contributed by atoms with Crippen molar-refractivity contribution in [3.8, 4) is 5.75 Å². The highest BCUT2D eigenvalue weighted by molar-refractivity contribution is 7.90. The molecule has 1 aliphatic carbocycles. The fourth-order valence-electron chi connectivity index (χ4n) is 4.79. The van der Waals surface area contributed by atoms with Crippen LogP contribution in [0, 0.1) is 5.82 Å². The second-order valence-electron chi connectivity index (χ2n) is 9.60. The summed E-state index contributed by atoms with van der Waals surface area (Å²) in [6, 6.07) is 6.41. The van der Waals surface area contributed by atoms with Crippen molar-refractivity contribution in [1.82, 2.24) is 14.9 Å². The van der Waals surface area contributed by atoms with Crippen LogP contribution in [0.2, 0.25) is 10.0 Å². The summed E-state index contributed by atoms with van der Waals surface area (Å²) in [5.74, 6) is -1.83. The van der Waals surface area contributed by atoms with Crippen LogP contribution in [-0.2, 0) is 21.8 Å². The number of ether oxygens (including phenoxy) is 1. The van der Waals surface area contributed by atoms with Crippen molar-refractivity contribution in [2.45, 2.75) is 54.2 Å². The van der Waals surface area contributed by atoms with Crippen molar-refractivity contribution in [3.63, 3.8) is 0 Å². The molecule has 1 aliphatic rings. The maximum atomic E-state index is 15.0. The third-order valence-electron chi connectivity index (χ3n) is 6.76. The first kappa shape index (κ1) is 29.5. The topological polar surface area (TPSA) is 72.4 Å².